The number of aromatic nitrogens is 1. The van der Waals surface area contributed by atoms with Crippen LogP contribution in [0.2, 0.25) is 5.02 Å². The summed E-state index contributed by atoms with van der Waals surface area (Å²) in [6.45, 7) is 3.06. The van der Waals surface area contributed by atoms with Crippen molar-refractivity contribution in [3.63, 3.8) is 0 Å². The summed E-state index contributed by atoms with van der Waals surface area (Å²) in [7, 11) is 0. The van der Waals surface area contributed by atoms with Gasteiger partial charge < -0.3 is 15.4 Å². The molecule has 0 bridgehead atoms. The number of aliphatic carboxylic acids is 1. The van der Waals surface area contributed by atoms with E-state index in [0.717, 1.165) is 22.0 Å². The van der Waals surface area contributed by atoms with Crippen molar-refractivity contribution in [1.82, 2.24) is 4.57 Å². The minimum absolute atomic E-state index is 0.00907. The topological polar surface area (TPSA) is 68.2 Å². The highest BCUT2D eigenvalue weighted by Gasteiger charge is 2.12. The molecule has 0 spiro atoms. The lowest BCUT2D eigenvalue weighted by molar-refractivity contribution is -0.136. The molecule has 0 aliphatic heterocycles. The van der Waals surface area contributed by atoms with Crippen molar-refractivity contribution >= 4 is 28.5 Å². The van der Waals surface area contributed by atoms with Crippen LogP contribution in [0.5, 0.6) is 0 Å². The number of carboxylic acids is 1. The fourth-order valence-corrected chi connectivity index (χ4v) is 2.28. The molecule has 0 unspecified atom stereocenters. The Morgan fingerprint density at radius 2 is 2.22 bits per heavy atom. The molecule has 0 amide bonds. The Morgan fingerprint density at radius 1 is 1.50 bits per heavy atom. The lowest BCUT2D eigenvalue weighted by Gasteiger charge is -2.04. The van der Waals surface area contributed by atoms with Crippen LogP contribution in [0, 0.1) is 6.92 Å². The van der Waals surface area contributed by atoms with Gasteiger partial charge in [-0.1, -0.05) is 11.6 Å². The Bertz CT molecular complexity index is 605. The molecule has 18 heavy (non-hydrogen) atoms. The van der Waals surface area contributed by atoms with Gasteiger partial charge in [0, 0.05) is 35.2 Å². The SMILES string of the molecule is Cc1cc2c(CC(=O)O)cn(CCN)c2cc1Cl. The Balaban J connectivity index is 2.64. The van der Waals surface area contributed by atoms with Gasteiger partial charge in [0.1, 0.15) is 0 Å². The lowest BCUT2D eigenvalue weighted by Crippen LogP contribution is -2.08. The fourth-order valence-electron chi connectivity index (χ4n) is 2.12. The number of rotatable bonds is 4. The number of benzene rings is 1. The van der Waals surface area contributed by atoms with Gasteiger partial charge in [-0.2, -0.15) is 0 Å². The van der Waals surface area contributed by atoms with Gasteiger partial charge in [0.15, 0.2) is 0 Å². The maximum absolute atomic E-state index is 10.9. The second-order valence-corrected chi connectivity index (χ2v) is 4.73. The average Bonchev–Trinajstić information content (AvgIpc) is 2.58. The second-order valence-electron chi connectivity index (χ2n) is 4.33. The number of fused-ring (bicyclic) bond motifs is 1. The van der Waals surface area contributed by atoms with Crippen molar-refractivity contribution < 1.29 is 9.90 Å². The van der Waals surface area contributed by atoms with Crippen LogP contribution in [0.25, 0.3) is 10.9 Å². The van der Waals surface area contributed by atoms with Crippen molar-refractivity contribution in [2.24, 2.45) is 5.73 Å². The van der Waals surface area contributed by atoms with Crippen molar-refractivity contribution in [2.75, 3.05) is 6.54 Å². The smallest absolute Gasteiger partial charge is 0.307 e. The summed E-state index contributed by atoms with van der Waals surface area (Å²) >= 11 is 6.11. The first-order valence-corrected chi connectivity index (χ1v) is 6.10. The van der Waals surface area contributed by atoms with Crippen LogP contribution >= 0.6 is 11.6 Å². The van der Waals surface area contributed by atoms with Crippen molar-refractivity contribution in [2.45, 2.75) is 19.9 Å². The van der Waals surface area contributed by atoms with Crippen LogP contribution in [0.1, 0.15) is 11.1 Å². The van der Waals surface area contributed by atoms with Crippen LogP contribution in [0.4, 0.5) is 0 Å². The third-order valence-corrected chi connectivity index (χ3v) is 3.36. The summed E-state index contributed by atoms with van der Waals surface area (Å²) in [6.07, 6.45) is 1.86. The molecule has 0 atom stereocenters. The summed E-state index contributed by atoms with van der Waals surface area (Å²) in [5.74, 6) is -0.839. The van der Waals surface area contributed by atoms with Crippen molar-refractivity contribution in [3.8, 4) is 0 Å². The molecule has 0 radical (unpaired) electrons. The van der Waals surface area contributed by atoms with Crippen LogP contribution < -0.4 is 5.73 Å². The van der Waals surface area contributed by atoms with E-state index < -0.39 is 5.97 Å². The summed E-state index contributed by atoms with van der Waals surface area (Å²) in [5, 5.41) is 10.5. The summed E-state index contributed by atoms with van der Waals surface area (Å²) < 4.78 is 1.96. The molecule has 0 aliphatic rings. The highest BCUT2D eigenvalue weighted by Crippen LogP contribution is 2.28. The monoisotopic (exact) mass is 266 g/mol. The van der Waals surface area contributed by atoms with Crippen LogP contribution in [-0.2, 0) is 17.8 Å². The maximum atomic E-state index is 10.9. The first kappa shape index (κ1) is 12.9. The minimum Gasteiger partial charge on any atom is -0.481 e. The number of carboxylic acid groups (broad SMARTS) is 1. The van der Waals surface area contributed by atoms with Gasteiger partial charge in [0.2, 0.25) is 0 Å². The molecule has 96 valence electrons. The molecule has 0 fully saturated rings. The number of nitrogens with two attached hydrogens (primary N) is 1. The number of hydrogen-bond acceptors (Lipinski definition) is 2. The number of aryl methyl sites for hydroxylation is 1. The molecule has 1 heterocycles. The number of nitrogens with zero attached hydrogens (tertiary/aromatic N) is 1. The zero-order valence-electron chi connectivity index (χ0n) is 10.1. The van der Waals surface area contributed by atoms with Gasteiger partial charge in [0.05, 0.1) is 6.42 Å². The van der Waals surface area contributed by atoms with Crippen LogP contribution in [-0.4, -0.2) is 22.2 Å². The maximum Gasteiger partial charge on any atom is 0.307 e. The van der Waals surface area contributed by atoms with E-state index in [1.165, 1.54) is 0 Å². The van der Waals surface area contributed by atoms with Crippen molar-refractivity contribution in [1.29, 1.82) is 0 Å². The zero-order valence-corrected chi connectivity index (χ0v) is 10.9. The van der Waals surface area contributed by atoms with E-state index in [1.54, 1.807) is 0 Å². The molecule has 0 saturated heterocycles. The molecule has 4 nitrogen and oxygen atoms in total. The molecule has 3 N–H and O–H groups in total. The van der Waals surface area contributed by atoms with E-state index in [-0.39, 0.29) is 6.42 Å². The number of halogens is 1. The first-order valence-electron chi connectivity index (χ1n) is 5.72. The zero-order chi connectivity index (χ0) is 13.3. The molecule has 2 rings (SSSR count). The largest absolute Gasteiger partial charge is 0.481 e. The minimum atomic E-state index is -0.839. The average molecular weight is 267 g/mol. The molecule has 2 aromatic rings. The lowest BCUT2D eigenvalue weighted by atomic mass is 10.1. The summed E-state index contributed by atoms with van der Waals surface area (Å²) in [4.78, 5) is 10.9. The van der Waals surface area contributed by atoms with E-state index in [4.69, 9.17) is 22.4 Å². The predicted octanol–water partition coefficient (Wildman–Crippen LogP) is 2.19. The molecular formula is C13H15ClN2O2. The molecule has 1 aromatic carbocycles. The molecule has 0 aliphatic carbocycles. The number of hydrogen-bond donors (Lipinski definition) is 2. The Labute approximate surface area is 110 Å². The quantitative estimate of drug-likeness (QED) is 0.891. The highest BCUT2D eigenvalue weighted by atomic mass is 35.5. The van der Waals surface area contributed by atoms with Gasteiger partial charge in [-0.15, -0.1) is 0 Å². The first-order chi connectivity index (χ1) is 8.52. The van der Waals surface area contributed by atoms with Gasteiger partial charge in [-0.3, -0.25) is 4.79 Å². The van der Waals surface area contributed by atoms with Gasteiger partial charge in [-0.25, -0.2) is 0 Å². The molecular weight excluding hydrogens is 252 g/mol. The third-order valence-electron chi connectivity index (χ3n) is 2.96. The van der Waals surface area contributed by atoms with Crippen molar-refractivity contribution in [3.05, 3.63) is 34.5 Å². The van der Waals surface area contributed by atoms with E-state index >= 15 is 0 Å². The normalized spacial score (nSPS) is 11.1. The van der Waals surface area contributed by atoms with Gasteiger partial charge in [0.25, 0.3) is 0 Å². The second kappa shape index (κ2) is 5.00. The molecule has 1 aromatic heterocycles. The summed E-state index contributed by atoms with van der Waals surface area (Å²) in [6, 6.07) is 3.80. The molecule has 5 heteroatoms. The van der Waals surface area contributed by atoms with Gasteiger partial charge in [-0.05, 0) is 30.2 Å². The number of carbonyl (C=O) groups is 1. The Morgan fingerprint density at radius 3 is 2.83 bits per heavy atom. The molecule has 0 saturated carbocycles. The predicted molar refractivity (Wildman–Crippen MR) is 72.1 cm³/mol. The Hall–Kier alpha value is -1.52. The van der Waals surface area contributed by atoms with Crippen LogP contribution in [0.3, 0.4) is 0 Å². The summed E-state index contributed by atoms with van der Waals surface area (Å²) in [5.41, 5.74) is 8.24. The fraction of sp³-hybridized carbons (Fsp3) is 0.308. The third kappa shape index (κ3) is 2.35. The Kier molecular flexibility index (Phi) is 3.59. The van der Waals surface area contributed by atoms with Crippen LogP contribution in [0.15, 0.2) is 18.3 Å². The highest BCUT2D eigenvalue weighted by molar-refractivity contribution is 6.32. The van der Waals surface area contributed by atoms with E-state index in [1.807, 2.05) is 29.8 Å². The van der Waals surface area contributed by atoms with E-state index in [2.05, 4.69) is 0 Å². The van der Waals surface area contributed by atoms with Gasteiger partial charge >= 0.3 is 5.97 Å². The standard InChI is InChI=1S/C13H15ClN2O2/c1-8-4-10-9(5-13(17)18)7-16(3-2-15)12(10)6-11(8)14/h4,6-7H,2-3,5,15H2,1H3,(H,17,18). The van der Waals surface area contributed by atoms with E-state index in [0.29, 0.717) is 18.1 Å². The van der Waals surface area contributed by atoms with E-state index in [9.17, 15) is 4.79 Å².